The highest BCUT2D eigenvalue weighted by molar-refractivity contribution is 5.90. The van der Waals surface area contributed by atoms with E-state index in [9.17, 15) is 4.79 Å². The summed E-state index contributed by atoms with van der Waals surface area (Å²) in [5.74, 6) is 3.29. The van der Waals surface area contributed by atoms with Crippen molar-refractivity contribution in [2.75, 3.05) is 31.6 Å². The van der Waals surface area contributed by atoms with Gasteiger partial charge in [-0.05, 0) is 24.5 Å². The van der Waals surface area contributed by atoms with Gasteiger partial charge in [0.15, 0.2) is 17.3 Å². The second-order valence-corrected chi connectivity index (χ2v) is 7.57. The van der Waals surface area contributed by atoms with Crippen LogP contribution in [0.15, 0.2) is 48.5 Å². The van der Waals surface area contributed by atoms with Gasteiger partial charge in [0.2, 0.25) is 0 Å². The van der Waals surface area contributed by atoms with E-state index in [1.54, 1.807) is 6.07 Å². The summed E-state index contributed by atoms with van der Waals surface area (Å²) in [6.07, 6.45) is 1.71. The summed E-state index contributed by atoms with van der Waals surface area (Å²) in [5, 5.41) is 10.3. The Bertz CT molecular complexity index is 1040. The van der Waals surface area contributed by atoms with Crippen LogP contribution in [-0.2, 0) is 6.42 Å². The molecule has 0 bridgehead atoms. The highest BCUT2D eigenvalue weighted by atomic mass is 16.6. The van der Waals surface area contributed by atoms with Crippen molar-refractivity contribution in [2.45, 2.75) is 12.8 Å². The van der Waals surface area contributed by atoms with E-state index in [0.29, 0.717) is 48.7 Å². The van der Waals surface area contributed by atoms with Gasteiger partial charge in [0.1, 0.15) is 19.0 Å². The van der Waals surface area contributed by atoms with E-state index in [2.05, 4.69) is 20.5 Å². The predicted octanol–water partition coefficient (Wildman–Crippen LogP) is 3.34. The number of hydrogen-bond donors (Lipinski definition) is 2. The number of aromatic amines is 1. The van der Waals surface area contributed by atoms with E-state index in [1.807, 2.05) is 47.4 Å². The lowest BCUT2D eigenvalue weighted by molar-refractivity contribution is 0.171. The molecule has 1 fully saturated rings. The van der Waals surface area contributed by atoms with Gasteiger partial charge < -0.3 is 19.7 Å². The molecule has 5 rings (SSSR count). The van der Waals surface area contributed by atoms with Gasteiger partial charge in [-0.25, -0.2) is 9.78 Å². The molecule has 2 aliphatic heterocycles. The van der Waals surface area contributed by atoms with Crippen LogP contribution >= 0.6 is 0 Å². The van der Waals surface area contributed by atoms with Gasteiger partial charge in [0, 0.05) is 36.8 Å². The molecule has 2 N–H and O–H groups in total. The monoisotopic (exact) mass is 405 g/mol. The minimum atomic E-state index is -0.100. The summed E-state index contributed by atoms with van der Waals surface area (Å²) < 4.78 is 11.1. The predicted molar refractivity (Wildman–Crippen MR) is 112 cm³/mol. The van der Waals surface area contributed by atoms with Crippen molar-refractivity contribution in [3.8, 4) is 22.9 Å². The van der Waals surface area contributed by atoms with Crippen molar-refractivity contribution < 1.29 is 14.3 Å². The van der Waals surface area contributed by atoms with E-state index < -0.39 is 0 Å². The lowest BCUT2D eigenvalue weighted by atomic mass is 10.1. The maximum atomic E-state index is 12.7. The summed E-state index contributed by atoms with van der Waals surface area (Å²) in [6.45, 7) is 2.48. The third-order valence-electron chi connectivity index (χ3n) is 5.41. The number of H-pyrrole nitrogens is 1. The molecular formula is C22H23N5O3. The first-order valence-electron chi connectivity index (χ1n) is 10.2. The fraction of sp³-hybridized carbons (Fsp3) is 0.318. The Balaban J connectivity index is 1.17. The number of carbonyl (C=O) groups is 1. The van der Waals surface area contributed by atoms with Gasteiger partial charge in [-0.3, -0.25) is 5.10 Å². The SMILES string of the molecule is O=C(Nc1ccc2c(c1)OCCO2)N1CCC(Cc2nc(-c3ccccc3)n[nH]2)C1. The number of rotatable bonds is 4. The summed E-state index contributed by atoms with van der Waals surface area (Å²) in [5.41, 5.74) is 1.70. The lowest BCUT2D eigenvalue weighted by Gasteiger charge is -2.20. The maximum Gasteiger partial charge on any atom is 0.321 e. The molecule has 3 aromatic rings. The first-order chi connectivity index (χ1) is 14.7. The number of urea groups is 1. The largest absolute Gasteiger partial charge is 0.486 e. The topological polar surface area (TPSA) is 92.4 Å². The van der Waals surface area contributed by atoms with Gasteiger partial charge in [0.05, 0.1) is 0 Å². The van der Waals surface area contributed by atoms with E-state index >= 15 is 0 Å². The zero-order valence-corrected chi connectivity index (χ0v) is 16.5. The molecular weight excluding hydrogens is 382 g/mol. The van der Waals surface area contributed by atoms with Gasteiger partial charge in [-0.2, -0.15) is 5.10 Å². The lowest BCUT2D eigenvalue weighted by Crippen LogP contribution is -2.33. The Morgan fingerprint density at radius 1 is 1.13 bits per heavy atom. The van der Waals surface area contributed by atoms with Crippen molar-refractivity contribution in [3.05, 3.63) is 54.4 Å². The average molecular weight is 405 g/mol. The smallest absolute Gasteiger partial charge is 0.321 e. The summed E-state index contributed by atoms with van der Waals surface area (Å²) in [7, 11) is 0. The number of likely N-dealkylation sites (tertiary alicyclic amines) is 1. The number of amides is 2. The fourth-order valence-corrected chi connectivity index (χ4v) is 3.88. The number of ether oxygens (including phenoxy) is 2. The number of anilines is 1. The number of nitrogens with one attached hydrogen (secondary N) is 2. The molecule has 1 atom stereocenters. The summed E-state index contributed by atoms with van der Waals surface area (Å²) in [4.78, 5) is 19.1. The molecule has 0 aliphatic carbocycles. The molecule has 1 saturated heterocycles. The molecule has 8 heteroatoms. The van der Waals surface area contributed by atoms with Crippen molar-refractivity contribution in [1.29, 1.82) is 0 Å². The van der Waals surface area contributed by atoms with Crippen LogP contribution in [0.4, 0.5) is 10.5 Å². The highest BCUT2D eigenvalue weighted by Gasteiger charge is 2.27. The zero-order valence-electron chi connectivity index (χ0n) is 16.5. The molecule has 2 aliphatic rings. The van der Waals surface area contributed by atoms with Crippen LogP contribution < -0.4 is 14.8 Å². The van der Waals surface area contributed by atoms with E-state index in [-0.39, 0.29) is 6.03 Å². The highest BCUT2D eigenvalue weighted by Crippen LogP contribution is 2.33. The molecule has 8 nitrogen and oxygen atoms in total. The Hall–Kier alpha value is -3.55. The molecule has 1 aromatic heterocycles. The summed E-state index contributed by atoms with van der Waals surface area (Å²) >= 11 is 0. The van der Waals surface area contributed by atoms with Crippen LogP contribution in [0.25, 0.3) is 11.4 Å². The van der Waals surface area contributed by atoms with Gasteiger partial charge in [-0.15, -0.1) is 0 Å². The Morgan fingerprint density at radius 2 is 1.97 bits per heavy atom. The zero-order chi connectivity index (χ0) is 20.3. The van der Waals surface area contributed by atoms with Crippen molar-refractivity contribution in [1.82, 2.24) is 20.1 Å². The molecule has 3 heterocycles. The number of aromatic nitrogens is 3. The molecule has 0 saturated carbocycles. The van der Waals surface area contributed by atoms with Crippen LogP contribution in [-0.4, -0.2) is 52.4 Å². The van der Waals surface area contributed by atoms with Crippen LogP contribution in [0.1, 0.15) is 12.2 Å². The Labute approximate surface area is 174 Å². The van der Waals surface area contributed by atoms with Crippen molar-refractivity contribution in [2.24, 2.45) is 5.92 Å². The van der Waals surface area contributed by atoms with Gasteiger partial charge >= 0.3 is 6.03 Å². The van der Waals surface area contributed by atoms with Gasteiger partial charge in [-0.1, -0.05) is 30.3 Å². The van der Waals surface area contributed by atoms with Crippen molar-refractivity contribution >= 4 is 11.7 Å². The normalized spacial score (nSPS) is 17.7. The van der Waals surface area contributed by atoms with Crippen LogP contribution in [0, 0.1) is 5.92 Å². The van der Waals surface area contributed by atoms with Gasteiger partial charge in [0.25, 0.3) is 0 Å². The quantitative estimate of drug-likeness (QED) is 0.695. The number of fused-ring (bicyclic) bond motifs is 1. The molecule has 1 unspecified atom stereocenters. The number of carbonyl (C=O) groups excluding carboxylic acids is 1. The van der Waals surface area contributed by atoms with E-state index in [1.165, 1.54) is 0 Å². The standard InChI is InChI=1S/C22H23N5O3/c28-22(23-17-6-7-18-19(13-17)30-11-10-29-18)27-9-8-15(14-27)12-20-24-21(26-25-20)16-4-2-1-3-5-16/h1-7,13,15H,8-12,14H2,(H,23,28)(H,24,25,26). The van der Waals surface area contributed by atoms with Crippen molar-refractivity contribution in [3.63, 3.8) is 0 Å². The first kappa shape index (κ1) is 18.5. The van der Waals surface area contributed by atoms with E-state index in [0.717, 1.165) is 30.8 Å². The fourth-order valence-electron chi connectivity index (χ4n) is 3.88. The van der Waals surface area contributed by atoms with E-state index in [4.69, 9.17) is 9.47 Å². The molecule has 154 valence electrons. The number of benzene rings is 2. The average Bonchev–Trinajstić information content (AvgIpc) is 3.45. The van der Waals surface area contributed by atoms with Crippen LogP contribution in [0.5, 0.6) is 11.5 Å². The Morgan fingerprint density at radius 3 is 2.83 bits per heavy atom. The number of nitrogens with zero attached hydrogens (tertiary/aromatic N) is 3. The first-order valence-corrected chi connectivity index (χ1v) is 10.2. The third kappa shape index (κ3) is 3.94. The second-order valence-electron chi connectivity index (χ2n) is 7.57. The van der Waals surface area contributed by atoms with Crippen LogP contribution in [0.2, 0.25) is 0 Å². The maximum absolute atomic E-state index is 12.7. The molecule has 30 heavy (non-hydrogen) atoms. The molecule has 0 radical (unpaired) electrons. The minimum Gasteiger partial charge on any atom is -0.486 e. The Kier molecular flexibility index (Phi) is 4.96. The molecule has 0 spiro atoms. The molecule has 2 amide bonds. The third-order valence-corrected chi connectivity index (χ3v) is 5.41. The summed E-state index contributed by atoms with van der Waals surface area (Å²) in [6, 6.07) is 15.3. The minimum absolute atomic E-state index is 0.100. The number of hydrogen-bond acceptors (Lipinski definition) is 5. The second kappa shape index (κ2) is 8.06. The molecule has 2 aromatic carbocycles. The van der Waals surface area contributed by atoms with Crippen LogP contribution in [0.3, 0.4) is 0 Å².